The van der Waals surface area contributed by atoms with Crippen molar-refractivity contribution in [2.45, 2.75) is 58.9 Å². The molecule has 1 fully saturated rings. The molecule has 1 unspecified atom stereocenters. The zero-order chi connectivity index (χ0) is 12.2. The molecule has 0 saturated heterocycles. The SMILES string of the molecule is CC(C)(C)CC(=O)NC(CN)C1CCCC1. The number of rotatable bonds is 4. The minimum Gasteiger partial charge on any atom is -0.352 e. The number of amides is 1. The van der Waals surface area contributed by atoms with Gasteiger partial charge in [0.25, 0.3) is 0 Å². The summed E-state index contributed by atoms with van der Waals surface area (Å²) in [5.41, 5.74) is 5.80. The number of nitrogens with two attached hydrogens (primary N) is 1. The number of carbonyl (C=O) groups excluding carboxylic acids is 1. The molecule has 0 aliphatic heterocycles. The minimum atomic E-state index is 0.0545. The van der Waals surface area contributed by atoms with Gasteiger partial charge < -0.3 is 11.1 Å². The van der Waals surface area contributed by atoms with E-state index in [1.54, 1.807) is 0 Å². The second kappa shape index (κ2) is 5.67. The molecule has 1 atom stereocenters. The standard InChI is InChI=1S/C13H26N2O/c1-13(2,3)8-12(16)15-11(9-14)10-6-4-5-7-10/h10-11H,4-9,14H2,1-3H3,(H,15,16). The molecule has 0 aromatic heterocycles. The normalized spacial score (nSPS) is 19.8. The number of hydrogen-bond donors (Lipinski definition) is 2. The molecule has 3 nitrogen and oxygen atoms in total. The van der Waals surface area contributed by atoms with Crippen LogP contribution in [0.3, 0.4) is 0 Å². The van der Waals surface area contributed by atoms with E-state index >= 15 is 0 Å². The molecular weight excluding hydrogens is 200 g/mol. The molecule has 3 N–H and O–H groups in total. The van der Waals surface area contributed by atoms with Crippen LogP contribution >= 0.6 is 0 Å². The molecule has 94 valence electrons. The van der Waals surface area contributed by atoms with E-state index in [9.17, 15) is 4.79 Å². The van der Waals surface area contributed by atoms with E-state index in [0.29, 0.717) is 18.9 Å². The first-order valence-electron chi connectivity index (χ1n) is 6.42. The topological polar surface area (TPSA) is 55.1 Å². The highest BCUT2D eigenvalue weighted by atomic mass is 16.1. The monoisotopic (exact) mass is 226 g/mol. The van der Waals surface area contributed by atoms with Crippen LogP contribution in [0.2, 0.25) is 0 Å². The summed E-state index contributed by atoms with van der Waals surface area (Å²) in [7, 11) is 0. The van der Waals surface area contributed by atoms with Crippen LogP contribution in [0.1, 0.15) is 52.9 Å². The molecule has 3 heteroatoms. The van der Waals surface area contributed by atoms with Gasteiger partial charge in [-0.25, -0.2) is 0 Å². The first-order valence-corrected chi connectivity index (χ1v) is 6.42. The van der Waals surface area contributed by atoms with Crippen molar-refractivity contribution < 1.29 is 4.79 Å². The Bertz CT molecular complexity index is 227. The van der Waals surface area contributed by atoms with Gasteiger partial charge >= 0.3 is 0 Å². The fourth-order valence-corrected chi connectivity index (χ4v) is 2.47. The first kappa shape index (κ1) is 13.5. The quantitative estimate of drug-likeness (QED) is 0.771. The Morgan fingerprint density at radius 2 is 1.94 bits per heavy atom. The lowest BCUT2D eigenvalue weighted by Gasteiger charge is -2.25. The first-order chi connectivity index (χ1) is 7.42. The van der Waals surface area contributed by atoms with Gasteiger partial charge in [-0.05, 0) is 24.2 Å². The van der Waals surface area contributed by atoms with E-state index < -0.39 is 0 Å². The van der Waals surface area contributed by atoms with Crippen molar-refractivity contribution in [2.75, 3.05) is 6.54 Å². The van der Waals surface area contributed by atoms with Crippen molar-refractivity contribution in [3.8, 4) is 0 Å². The van der Waals surface area contributed by atoms with Gasteiger partial charge in [-0.3, -0.25) is 4.79 Å². The summed E-state index contributed by atoms with van der Waals surface area (Å²) in [6.07, 6.45) is 5.60. The van der Waals surface area contributed by atoms with Gasteiger partial charge in [0.2, 0.25) is 5.91 Å². The highest BCUT2D eigenvalue weighted by Gasteiger charge is 2.26. The van der Waals surface area contributed by atoms with Crippen LogP contribution in [-0.4, -0.2) is 18.5 Å². The van der Waals surface area contributed by atoms with Crippen LogP contribution in [0.5, 0.6) is 0 Å². The van der Waals surface area contributed by atoms with Crippen molar-refractivity contribution in [1.29, 1.82) is 0 Å². The summed E-state index contributed by atoms with van der Waals surface area (Å²) >= 11 is 0. The fourth-order valence-electron chi connectivity index (χ4n) is 2.47. The molecule has 1 aliphatic rings. The lowest BCUT2D eigenvalue weighted by molar-refractivity contribution is -0.123. The summed E-state index contributed by atoms with van der Waals surface area (Å²) in [6.45, 7) is 6.82. The summed E-state index contributed by atoms with van der Waals surface area (Å²) in [4.78, 5) is 11.8. The molecule has 0 heterocycles. The fraction of sp³-hybridized carbons (Fsp3) is 0.923. The Morgan fingerprint density at radius 1 is 1.38 bits per heavy atom. The Morgan fingerprint density at radius 3 is 2.38 bits per heavy atom. The van der Waals surface area contributed by atoms with Crippen LogP contribution in [0, 0.1) is 11.3 Å². The smallest absolute Gasteiger partial charge is 0.220 e. The summed E-state index contributed by atoms with van der Waals surface area (Å²) in [6, 6.07) is 0.192. The Labute approximate surface area is 99.2 Å². The van der Waals surface area contributed by atoms with Gasteiger partial charge in [-0.15, -0.1) is 0 Å². The molecule has 1 aliphatic carbocycles. The summed E-state index contributed by atoms with van der Waals surface area (Å²) < 4.78 is 0. The van der Waals surface area contributed by atoms with Crippen molar-refractivity contribution >= 4 is 5.91 Å². The number of hydrogen-bond acceptors (Lipinski definition) is 2. The van der Waals surface area contributed by atoms with Gasteiger partial charge in [-0.2, -0.15) is 0 Å². The molecule has 1 amide bonds. The third-order valence-corrected chi connectivity index (χ3v) is 3.26. The average molecular weight is 226 g/mol. The Balaban J connectivity index is 2.40. The Kier molecular flexibility index (Phi) is 4.78. The number of carbonyl (C=O) groups is 1. The highest BCUT2D eigenvalue weighted by molar-refractivity contribution is 5.76. The molecule has 0 aromatic carbocycles. The molecule has 0 bridgehead atoms. The zero-order valence-electron chi connectivity index (χ0n) is 10.9. The minimum absolute atomic E-state index is 0.0545. The van der Waals surface area contributed by atoms with E-state index in [1.807, 2.05) is 0 Å². The van der Waals surface area contributed by atoms with Gasteiger partial charge in [0.15, 0.2) is 0 Å². The van der Waals surface area contributed by atoms with Crippen molar-refractivity contribution in [3.63, 3.8) is 0 Å². The van der Waals surface area contributed by atoms with Gasteiger partial charge in [0, 0.05) is 19.0 Å². The van der Waals surface area contributed by atoms with Crippen LogP contribution in [0.25, 0.3) is 0 Å². The average Bonchev–Trinajstić information content (AvgIpc) is 2.63. The molecule has 0 aromatic rings. The van der Waals surface area contributed by atoms with Crippen LogP contribution in [0.15, 0.2) is 0 Å². The van der Waals surface area contributed by atoms with E-state index in [4.69, 9.17) is 5.73 Å². The van der Waals surface area contributed by atoms with Crippen LogP contribution in [0.4, 0.5) is 0 Å². The highest BCUT2D eigenvalue weighted by Crippen LogP contribution is 2.27. The van der Waals surface area contributed by atoms with Crippen molar-refractivity contribution in [1.82, 2.24) is 5.32 Å². The van der Waals surface area contributed by atoms with E-state index in [1.165, 1.54) is 25.7 Å². The predicted molar refractivity (Wildman–Crippen MR) is 67.0 cm³/mol. The third-order valence-electron chi connectivity index (χ3n) is 3.26. The van der Waals surface area contributed by atoms with E-state index in [2.05, 4.69) is 26.1 Å². The van der Waals surface area contributed by atoms with Gasteiger partial charge in [0.1, 0.15) is 0 Å². The summed E-state index contributed by atoms with van der Waals surface area (Å²) in [5, 5.41) is 3.10. The maximum absolute atomic E-state index is 11.8. The molecule has 0 radical (unpaired) electrons. The second-order valence-corrected chi connectivity index (χ2v) is 6.19. The van der Waals surface area contributed by atoms with E-state index in [-0.39, 0.29) is 17.4 Å². The van der Waals surface area contributed by atoms with Crippen LogP contribution < -0.4 is 11.1 Å². The van der Waals surface area contributed by atoms with Gasteiger partial charge in [-0.1, -0.05) is 33.6 Å². The lowest BCUT2D eigenvalue weighted by atomic mass is 9.91. The lowest BCUT2D eigenvalue weighted by Crippen LogP contribution is -2.45. The van der Waals surface area contributed by atoms with Crippen LogP contribution in [-0.2, 0) is 4.79 Å². The molecular formula is C13H26N2O. The third kappa shape index (κ3) is 4.52. The molecule has 0 spiro atoms. The van der Waals surface area contributed by atoms with Gasteiger partial charge in [0.05, 0.1) is 0 Å². The predicted octanol–water partition coefficient (Wildman–Crippen LogP) is 2.06. The molecule has 16 heavy (non-hydrogen) atoms. The zero-order valence-corrected chi connectivity index (χ0v) is 10.9. The number of nitrogens with one attached hydrogen (secondary N) is 1. The Hall–Kier alpha value is -0.570. The second-order valence-electron chi connectivity index (χ2n) is 6.19. The molecule has 1 rings (SSSR count). The molecule has 1 saturated carbocycles. The largest absolute Gasteiger partial charge is 0.352 e. The summed E-state index contributed by atoms with van der Waals surface area (Å²) in [5.74, 6) is 0.753. The maximum atomic E-state index is 11.8. The van der Waals surface area contributed by atoms with Crippen molar-refractivity contribution in [2.24, 2.45) is 17.1 Å². The van der Waals surface area contributed by atoms with Crippen molar-refractivity contribution in [3.05, 3.63) is 0 Å². The van der Waals surface area contributed by atoms with E-state index in [0.717, 1.165) is 0 Å². The maximum Gasteiger partial charge on any atom is 0.220 e.